The van der Waals surface area contributed by atoms with Crippen molar-refractivity contribution in [2.75, 3.05) is 29.8 Å². The first-order valence-corrected chi connectivity index (χ1v) is 9.08. The van der Waals surface area contributed by atoms with E-state index in [-0.39, 0.29) is 4.90 Å². The number of hydrogen-bond donors (Lipinski definition) is 1. The predicted octanol–water partition coefficient (Wildman–Crippen LogP) is 2.88. The van der Waals surface area contributed by atoms with E-state index in [4.69, 9.17) is 4.74 Å². The molecular weight excluding hydrogens is 312 g/mol. The Morgan fingerprint density at radius 1 is 1.22 bits per heavy atom. The highest BCUT2D eigenvalue weighted by Gasteiger charge is 2.21. The van der Waals surface area contributed by atoms with Gasteiger partial charge in [0.1, 0.15) is 12.4 Å². The molecule has 6 heteroatoms. The quantitative estimate of drug-likeness (QED) is 0.935. The normalized spacial score (nSPS) is 14.1. The van der Waals surface area contributed by atoms with Gasteiger partial charge in [0.05, 0.1) is 22.8 Å². The van der Waals surface area contributed by atoms with Crippen LogP contribution in [0.3, 0.4) is 0 Å². The third kappa shape index (κ3) is 3.12. The Bertz CT molecular complexity index is 818. The molecule has 2 aromatic rings. The summed E-state index contributed by atoms with van der Waals surface area (Å²) in [5.74, 6) is 0.602. The maximum Gasteiger partial charge on any atom is 0.262 e. The van der Waals surface area contributed by atoms with Gasteiger partial charge in [-0.3, -0.25) is 4.72 Å². The van der Waals surface area contributed by atoms with Crippen LogP contribution in [0.25, 0.3) is 0 Å². The van der Waals surface area contributed by atoms with E-state index >= 15 is 0 Å². The van der Waals surface area contributed by atoms with Gasteiger partial charge in [0.15, 0.2) is 0 Å². The van der Waals surface area contributed by atoms with E-state index in [1.165, 1.54) is 0 Å². The van der Waals surface area contributed by atoms with Gasteiger partial charge in [-0.15, -0.1) is 0 Å². The summed E-state index contributed by atoms with van der Waals surface area (Å²) < 4.78 is 33.6. The summed E-state index contributed by atoms with van der Waals surface area (Å²) in [6.07, 6.45) is 0.761. The monoisotopic (exact) mass is 332 g/mol. The minimum Gasteiger partial charge on any atom is -0.490 e. The van der Waals surface area contributed by atoms with Gasteiger partial charge in [-0.25, -0.2) is 8.42 Å². The molecule has 3 rings (SSSR count). The molecule has 23 heavy (non-hydrogen) atoms. The maximum atomic E-state index is 12.7. The fraction of sp³-hybridized carbons (Fsp3) is 0.294. The zero-order valence-corrected chi connectivity index (χ0v) is 14.1. The van der Waals surface area contributed by atoms with Crippen LogP contribution in [0.1, 0.15) is 12.5 Å². The van der Waals surface area contributed by atoms with Crippen LogP contribution in [0, 0.1) is 0 Å². The van der Waals surface area contributed by atoms with Crippen LogP contribution in [-0.4, -0.2) is 28.6 Å². The van der Waals surface area contributed by atoms with E-state index in [1.54, 1.807) is 24.3 Å². The molecule has 0 spiro atoms. The lowest BCUT2D eigenvalue weighted by Crippen LogP contribution is -2.29. The second kappa shape index (κ2) is 6.12. The van der Waals surface area contributed by atoms with Gasteiger partial charge in [0.2, 0.25) is 0 Å². The van der Waals surface area contributed by atoms with Crippen LogP contribution in [0.15, 0.2) is 47.4 Å². The molecule has 0 aliphatic carbocycles. The molecule has 0 saturated carbocycles. The molecule has 0 radical (unpaired) electrons. The number of ether oxygens (including phenoxy) is 1. The standard InChI is InChI=1S/C17H20N2O3S/c1-3-13-6-4-5-7-15(13)18-23(20,21)14-8-9-16-17(12-14)22-11-10-19(16)2/h4-9,12,18H,3,10-11H2,1-2H3. The second-order valence-corrected chi connectivity index (χ2v) is 7.20. The van der Waals surface area contributed by atoms with Gasteiger partial charge in [-0.1, -0.05) is 25.1 Å². The number of nitrogens with one attached hydrogen (secondary N) is 1. The van der Waals surface area contributed by atoms with E-state index in [0.29, 0.717) is 18.0 Å². The number of benzene rings is 2. The van der Waals surface area contributed by atoms with Crippen LogP contribution in [0.5, 0.6) is 5.75 Å². The highest BCUT2D eigenvalue weighted by Crippen LogP contribution is 2.33. The van der Waals surface area contributed by atoms with Crippen molar-refractivity contribution in [2.24, 2.45) is 0 Å². The summed E-state index contributed by atoms with van der Waals surface area (Å²) >= 11 is 0. The van der Waals surface area contributed by atoms with Crippen LogP contribution >= 0.6 is 0 Å². The summed E-state index contributed by atoms with van der Waals surface area (Å²) in [4.78, 5) is 2.26. The lowest BCUT2D eigenvalue weighted by Gasteiger charge is -2.27. The Labute approximate surface area is 136 Å². The van der Waals surface area contributed by atoms with Gasteiger partial charge < -0.3 is 9.64 Å². The molecule has 2 aromatic carbocycles. The van der Waals surface area contributed by atoms with Crippen molar-refractivity contribution < 1.29 is 13.2 Å². The molecule has 5 nitrogen and oxygen atoms in total. The highest BCUT2D eigenvalue weighted by atomic mass is 32.2. The predicted molar refractivity (Wildman–Crippen MR) is 91.8 cm³/mol. The molecule has 1 N–H and O–H groups in total. The van der Waals surface area contributed by atoms with Gasteiger partial charge >= 0.3 is 0 Å². The topological polar surface area (TPSA) is 58.6 Å². The summed E-state index contributed by atoms with van der Waals surface area (Å²) in [5.41, 5.74) is 2.49. The smallest absolute Gasteiger partial charge is 0.262 e. The fourth-order valence-electron chi connectivity index (χ4n) is 2.64. The first-order valence-electron chi connectivity index (χ1n) is 7.60. The van der Waals surface area contributed by atoms with E-state index < -0.39 is 10.0 Å². The zero-order chi connectivity index (χ0) is 16.4. The van der Waals surface area contributed by atoms with E-state index in [9.17, 15) is 8.42 Å². The highest BCUT2D eigenvalue weighted by molar-refractivity contribution is 7.92. The SMILES string of the molecule is CCc1ccccc1NS(=O)(=O)c1ccc2c(c1)OCCN2C. The van der Waals surface area contributed by atoms with Crippen molar-refractivity contribution in [1.82, 2.24) is 0 Å². The van der Waals surface area contributed by atoms with Crippen molar-refractivity contribution in [3.8, 4) is 5.75 Å². The van der Waals surface area contributed by atoms with Crippen molar-refractivity contribution in [3.05, 3.63) is 48.0 Å². The Morgan fingerprint density at radius 2 is 2.00 bits per heavy atom. The molecule has 1 aliphatic heterocycles. The maximum absolute atomic E-state index is 12.7. The molecule has 0 saturated heterocycles. The van der Waals surface area contributed by atoms with Gasteiger partial charge in [-0.05, 0) is 30.2 Å². The molecule has 1 heterocycles. The van der Waals surface area contributed by atoms with Crippen LogP contribution in [0.4, 0.5) is 11.4 Å². The van der Waals surface area contributed by atoms with Crippen molar-refractivity contribution in [3.63, 3.8) is 0 Å². The fourth-order valence-corrected chi connectivity index (χ4v) is 3.75. The Kier molecular flexibility index (Phi) is 4.17. The molecule has 0 atom stereocenters. The van der Waals surface area contributed by atoms with Crippen molar-refractivity contribution in [1.29, 1.82) is 0 Å². The first-order chi connectivity index (χ1) is 11.0. The zero-order valence-electron chi connectivity index (χ0n) is 13.2. The van der Waals surface area contributed by atoms with E-state index in [2.05, 4.69) is 9.62 Å². The number of para-hydroxylation sites is 1. The average molecular weight is 332 g/mol. The largest absolute Gasteiger partial charge is 0.490 e. The molecular formula is C17H20N2O3S. The molecule has 0 fully saturated rings. The molecule has 0 amide bonds. The Morgan fingerprint density at radius 3 is 2.78 bits per heavy atom. The summed E-state index contributed by atoms with van der Waals surface area (Å²) in [5, 5.41) is 0. The summed E-state index contributed by atoms with van der Waals surface area (Å²) in [6, 6.07) is 12.4. The van der Waals surface area contributed by atoms with Crippen LogP contribution < -0.4 is 14.4 Å². The number of aryl methyl sites for hydroxylation is 1. The van der Waals surface area contributed by atoms with Gasteiger partial charge in [-0.2, -0.15) is 0 Å². The minimum atomic E-state index is -3.65. The third-order valence-corrected chi connectivity index (χ3v) is 5.34. The third-order valence-electron chi connectivity index (χ3n) is 3.98. The van der Waals surface area contributed by atoms with Crippen LogP contribution in [-0.2, 0) is 16.4 Å². The number of rotatable bonds is 4. The van der Waals surface area contributed by atoms with E-state index in [0.717, 1.165) is 24.2 Å². The van der Waals surface area contributed by atoms with E-state index in [1.807, 2.05) is 32.2 Å². The average Bonchev–Trinajstić information content (AvgIpc) is 2.55. The minimum absolute atomic E-state index is 0.206. The number of nitrogens with zero attached hydrogens (tertiary/aromatic N) is 1. The first kappa shape index (κ1) is 15.7. The Balaban J connectivity index is 1.94. The lowest BCUT2D eigenvalue weighted by molar-refractivity contribution is 0.310. The number of sulfonamides is 1. The van der Waals surface area contributed by atoms with Crippen molar-refractivity contribution >= 4 is 21.4 Å². The van der Waals surface area contributed by atoms with Crippen molar-refractivity contribution in [2.45, 2.75) is 18.2 Å². The number of anilines is 2. The van der Waals surface area contributed by atoms with Gasteiger partial charge in [0, 0.05) is 13.1 Å². The second-order valence-electron chi connectivity index (χ2n) is 5.52. The number of likely N-dealkylation sites (N-methyl/N-ethyl adjacent to an activating group) is 1. The molecule has 0 aromatic heterocycles. The van der Waals surface area contributed by atoms with Gasteiger partial charge in [0.25, 0.3) is 10.0 Å². The summed E-state index contributed by atoms with van der Waals surface area (Å²) in [7, 11) is -1.68. The lowest BCUT2D eigenvalue weighted by atomic mass is 10.1. The Hall–Kier alpha value is -2.21. The van der Waals surface area contributed by atoms with Crippen LogP contribution in [0.2, 0.25) is 0 Å². The molecule has 1 aliphatic rings. The molecule has 122 valence electrons. The number of fused-ring (bicyclic) bond motifs is 1. The summed E-state index contributed by atoms with van der Waals surface area (Å²) in [6.45, 7) is 3.34. The number of hydrogen-bond acceptors (Lipinski definition) is 4. The molecule has 0 bridgehead atoms. The molecule has 0 unspecified atom stereocenters.